The number of urea groups is 1. The lowest BCUT2D eigenvalue weighted by atomic mass is 9.79. The van der Waals surface area contributed by atoms with Crippen LogP contribution in [0, 0.1) is 11.3 Å². The highest BCUT2D eigenvalue weighted by atomic mass is 19.4. The molecule has 1 aromatic carbocycles. The second kappa shape index (κ2) is 7.84. The Balaban J connectivity index is 1.82. The van der Waals surface area contributed by atoms with Gasteiger partial charge in [0.1, 0.15) is 6.07 Å². The number of rotatable bonds is 3. The van der Waals surface area contributed by atoms with Gasteiger partial charge >= 0.3 is 12.2 Å². The van der Waals surface area contributed by atoms with E-state index in [1.807, 2.05) is 6.07 Å². The van der Waals surface area contributed by atoms with Gasteiger partial charge < -0.3 is 10.6 Å². The summed E-state index contributed by atoms with van der Waals surface area (Å²) in [5.41, 5.74) is -1.07. The molecule has 2 N–H and O–H groups in total. The molecule has 2 amide bonds. The number of hydrogen-bond acceptors (Lipinski definition) is 4. The molecular weight excluding hydrogens is 371 g/mol. The molecule has 0 radical (unpaired) electrons. The quantitative estimate of drug-likeness (QED) is 0.817. The minimum Gasteiger partial charge on any atom is -0.327 e. The molecule has 1 aromatic heterocycles. The van der Waals surface area contributed by atoms with E-state index in [-0.39, 0.29) is 11.5 Å². The number of carbonyl (C=O) groups excluding carboxylic acids is 1. The first kappa shape index (κ1) is 19.6. The van der Waals surface area contributed by atoms with Gasteiger partial charge in [-0.1, -0.05) is 25.3 Å². The van der Waals surface area contributed by atoms with Crippen LogP contribution < -0.4 is 10.6 Å². The van der Waals surface area contributed by atoms with E-state index in [1.54, 1.807) is 6.07 Å². The first-order valence-corrected chi connectivity index (χ1v) is 8.82. The molecule has 0 aliphatic heterocycles. The SMILES string of the molecule is N#Cc1nccc(C2(NC(=O)Nc3cccc(C(F)(F)F)c3)CCCCC2)n1. The Kier molecular flexibility index (Phi) is 5.49. The van der Waals surface area contributed by atoms with Gasteiger partial charge in [-0.05, 0) is 37.1 Å². The lowest BCUT2D eigenvalue weighted by molar-refractivity contribution is -0.137. The van der Waals surface area contributed by atoms with Gasteiger partial charge in [-0.25, -0.2) is 14.8 Å². The molecule has 0 saturated heterocycles. The van der Waals surface area contributed by atoms with Crippen LogP contribution in [-0.4, -0.2) is 16.0 Å². The van der Waals surface area contributed by atoms with Crippen LogP contribution in [0.4, 0.5) is 23.7 Å². The highest BCUT2D eigenvalue weighted by Crippen LogP contribution is 2.36. The normalized spacial score (nSPS) is 16.1. The van der Waals surface area contributed by atoms with Gasteiger partial charge in [0.25, 0.3) is 0 Å². The number of nitrogens with zero attached hydrogens (tertiary/aromatic N) is 3. The first-order valence-electron chi connectivity index (χ1n) is 8.82. The molecule has 6 nitrogen and oxygen atoms in total. The number of anilines is 1. The van der Waals surface area contributed by atoms with E-state index in [0.717, 1.165) is 31.4 Å². The molecule has 1 fully saturated rings. The predicted molar refractivity (Wildman–Crippen MR) is 95.1 cm³/mol. The zero-order valence-electron chi connectivity index (χ0n) is 14.9. The van der Waals surface area contributed by atoms with Crippen molar-refractivity contribution < 1.29 is 18.0 Å². The molecular formula is C19H18F3N5O. The van der Waals surface area contributed by atoms with Gasteiger partial charge in [-0.3, -0.25) is 0 Å². The van der Waals surface area contributed by atoms with Crippen molar-refractivity contribution in [3.8, 4) is 6.07 Å². The number of alkyl halides is 3. The average Bonchev–Trinajstić information content (AvgIpc) is 2.68. The van der Waals surface area contributed by atoms with Crippen molar-refractivity contribution in [2.45, 2.75) is 43.8 Å². The van der Waals surface area contributed by atoms with E-state index in [0.29, 0.717) is 18.5 Å². The first-order chi connectivity index (χ1) is 13.3. The number of nitrogens with one attached hydrogen (secondary N) is 2. The van der Waals surface area contributed by atoms with Crippen molar-refractivity contribution in [2.75, 3.05) is 5.32 Å². The highest BCUT2D eigenvalue weighted by molar-refractivity contribution is 5.90. The fourth-order valence-corrected chi connectivity index (χ4v) is 3.43. The third-order valence-electron chi connectivity index (χ3n) is 4.75. The Morgan fingerprint density at radius 3 is 2.61 bits per heavy atom. The number of carbonyl (C=O) groups is 1. The molecule has 1 saturated carbocycles. The van der Waals surface area contributed by atoms with Crippen LogP contribution in [0.1, 0.15) is 49.2 Å². The number of nitriles is 1. The van der Waals surface area contributed by atoms with E-state index < -0.39 is 23.3 Å². The molecule has 3 rings (SSSR count). The third kappa shape index (κ3) is 4.39. The standard InChI is InChI=1S/C19H18F3N5O/c20-19(21,22)13-5-4-6-14(11-13)25-17(28)27-18(8-2-1-3-9-18)15-7-10-24-16(12-23)26-15/h4-7,10-11H,1-3,8-9H2,(H2,25,27,28). The van der Waals surface area contributed by atoms with Crippen LogP contribution in [0.5, 0.6) is 0 Å². The summed E-state index contributed by atoms with van der Waals surface area (Å²) in [6.07, 6.45) is 0.924. The van der Waals surface area contributed by atoms with Crippen molar-refractivity contribution >= 4 is 11.7 Å². The largest absolute Gasteiger partial charge is 0.416 e. The van der Waals surface area contributed by atoms with E-state index in [9.17, 15) is 18.0 Å². The Morgan fingerprint density at radius 1 is 1.18 bits per heavy atom. The highest BCUT2D eigenvalue weighted by Gasteiger charge is 2.37. The second-order valence-electron chi connectivity index (χ2n) is 6.68. The van der Waals surface area contributed by atoms with Gasteiger partial charge in [0, 0.05) is 11.9 Å². The Bertz CT molecular complexity index is 901. The molecule has 2 aromatic rings. The van der Waals surface area contributed by atoms with Crippen LogP contribution in [0.2, 0.25) is 0 Å². The second-order valence-corrected chi connectivity index (χ2v) is 6.68. The maximum atomic E-state index is 12.9. The number of amides is 2. The van der Waals surface area contributed by atoms with Crippen LogP contribution in [0.15, 0.2) is 36.5 Å². The molecule has 1 aliphatic rings. The van der Waals surface area contributed by atoms with Crippen LogP contribution in [-0.2, 0) is 11.7 Å². The van der Waals surface area contributed by atoms with Gasteiger partial charge in [0.05, 0.1) is 16.8 Å². The molecule has 0 unspecified atom stereocenters. The van der Waals surface area contributed by atoms with E-state index in [1.165, 1.54) is 18.3 Å². The number of halogens is 3. The predicted octanol–water partition coefficient (Wildman–Crippen LogP) is 4.35. The fourth-order valence-electron chi connectivity index (χ4n) is 3.43. The van der Waals surface area contributed by atoms with Gasteiger partial charge in [-0.15, -0.1) is 0 Å². The molecule has 0 bridgehead atoms. The minimum atomic E-state index is -4.49. The fraction of sp³-hybridized carbons (Fsp3) is 0.368. The summed E-state index contributed by atoms with van der Waals surface area (Å²) in [6, 6.07) is 7.35. The Labute approximate surface area is 159 Å². The summed E-state index contributed by atoms with van der Waals surface area (Å²) in [4.78, 5) is 20.6. The maximum Gasteiger partial charge on any atom is 0.416 e. The number of hydrogen-bond donors (Lipinski definition) is 2. The zero-order chi connectivity index (χ0) is 20.2. The Hall–Kier alpha value is -3.15. The molecule has 28 heavy (non-hydrogen) atoms. The molecule has 1 heterocycles. The summed E-state index contributed by atoms with van der Waals surface area (Å²) < 4.78 is 38.6. The summed E-state index contributed by atoms with van der Waals surface area (Å²) >= 11 is 0. The van der Waals surface area contributed by atoms with Crippen LogP contribution in [0.25, 0.3) is 0 Å². The van der Waals surface area contributed by atoms with Crippen molar-refractivity contribution in [3.63, 3.8) is 0 Å². The zero-order valence-corrected chi connectivity index (χ0v) is 14.9. The van der Waals surface area contributed by atoms with Crippen LogP contribution >= 0.6 is 0 Å². The smallest absolute Gasteiger partial charge is 0.327 e. The van der Waals surface area contributed by atoms with Crippen molar-refractivity contribution in [1.82, 2.24) is 15.3 Å². The van der Waals surface area contributed by atoms with E-state index >= 15 is 0 Å². The van der Waals surface area contributed by atoms with Crippen LogP contribution in [0.3, 0.4) is 0 Å². The van der Waals surface area contributed by atoms with Gasteiger partial charge in [0.15, 0.2) is 0 Å². The van der Waals surface area contributed by atoms with E-state index in [4.69, 9.17) is 5.26 Å². The molecule has 1 aliphatic carbocycles. The van der Waals surface area contributed by atoms with Gasteiger partial charge in [-0.2, -0.15) is 18.4 Å². The summed E-state index contributed by atoms with van der Waals surface area (Å²) in [5, 5.41) is 14.4. The monoisotopic (exact) mass is 389 g/mol. The van der Waals surface area contributed by atoms with E-state index in [2.05, 4.69) is 20.6 Å². The molecule has 0 atom stereocenters. The summed E-state index contributed by atoms with van der Waals surface area (Å²) in [5.74, 6) is 0.00235. The van der Waals surface area contributed by atoms with Crippen molar-refractivity contribution in [2.24, 2.45) is 0 Å². The maximum absolute atomic E-state index is 12.9. The molecule has 9 heteroatoms. The molecule has 0 spiro atoms. The summed E-state index contributed by atoms with van der Waals surface area (Å²) in [7, 11) is 0. The van der Waals surface area contributed by atoms with Crippen molar-refractivity contribution in [3.05, 3.63) is 53.6 Å². The molecule has 146 valence electrons. The lowest BCUT2D eigenvalue weighted by Crippen LogP contribution is -2.49. The minimum absolute atomic E-state index is 0.00235. The lowest BCUT2D eigenvalue weighted by Gasteiger charge is -2.37. The number of aromatic nitrogens is 2. The van der Waals surface area contributed by atoms with Crippen molar-refractivity contribution in [1.29, 1.82) is 5.26 Å². The Morgan fingerprint density at radius 2 is 1.93 bits per heavy atom. The third-order valence-corrected chi connectivity index (χ3v) is 4.75. The number of benzene rings is 1. The van der Waals surface area contributed by atoms with Gasteiger partial charge in [0.2, 0.25) is 5.82 Å². The summed E-state index contributed by atoms with van der Waals surface area (Å²) in [6.45, 7) is 0. The topological polar surface area (TPSA) is 90.7 Å². The average molecular weight is 389 g/mol.